The first kappa shape index (κ1) is 11.3. The number of nitrogens with two attached hydrogens (primary N) is 1. The van der Waals surface area contributed by atoms with E-state index in [-0.39, 0.29) is 12.1 Å². The van der Waals surface area contributed by atoms with E-state index in [1.165, 1.54) is 6.42 Å². The maximum Gasteiger partial charge on any atom is 0.295 e. The van der Waals surface area contributed by atoms with Gasteiger partial charge in [-0.1, -0.05) is 0 Å². The minimum atomic E-state index is 0.241. The Morgan fingerprint density at radius 2 is 2.33 bits per heavy atom. The van der Waals surface area contributed by atoms with Gasteiger partial charge in [-0.05, 0) is 37.5 Å². The molecular formula is C13H17N3O2. The summed E-state index contributed by atoms with van der Waals surface area (Å²) < 4.78 is 11.1. The van der Waals surface area contributed by atoms with Crippen LogP contribution in [0.3, 0.4) is 0 Å². The zero-order valence-electron chi connectivity index (χ0n) is 10.3. The number of nitrogens with one attached hydrogen (secondary N) is 1. The molecule has 5 heteroatoms. The molecule has 1 heterocycles. The molecule has 2 atom stereocenters. The molecule has 3 N–H and O–H groups in total. The molecule has 0 aliphatic heterocycles. The predicted octanol–water partition coefficient (Wildman–Crippen LogP) is 2.39. The summed E-state index contributed by atoms with van der Waals surface area (Å²) in [6.45, 7) is 0. The maximum atomic E-state index is 5.72. The number of oxazole rings is 1. The van der Waals surface area contributed by atoms with Crippen LogP contribution in [0.5, 0.6) is 0 Å². The summed E-state index contributed by atoms with van der Waals surface area (Å²) in [5.74, 6) is 0. The molecule has 0 radical (unpaired) electrons. The molecule has 3 rings (SSSR count). The molecule has 5 nitrogen and oxygen atoms in total. The highest BCUT2D eigenvalue weighted by Gasteiger charge is 2.28. The van der Waals surface area contributed by atoms with Crippen molar-refractivity contribution in [2.24, 2.45) is 0 Å². The molecule has 0 bridgehead atoms. The lowest BCUT2D eigenvalue weighted by Gasteiger charge is -2.18. The Kier molecular flexibility index (Phi) is 2.83. The summed E-state index contributed by atoms with van der Waals surface area (Å²) in [6.07, 6.45) is 3.58. The number of ether oxygens (including phenoxy) is 1. The summed E-state index contributed by atoms with van der Waals surface area (Å²) in [5, 5.41) is 3.31. The molecule has 1 aliphatic carbocycles. The lowest BCUT2D eigenvalue weighted by molar-refractivity contribution is 0.100. The van der Waals surface area contributed by atoms with Gasteiger partial charge in [-0.3, -0.25) is 0 Å². The first-order valence-corrected chi connectivity index (χ1v) is 6.21. The van der Waals surface area contributed by atoms with Crippen molar-refractivity contribution in [3.05, 3.63) is 18.2 Å². The molecule has 0 amide bonds. The molecule has 2 aromatic rings. The normalized spacial score (nSPS) is 23.6. The topological polar surface area (TPSA) is 73.3 Å². The van der Waals surface area contributed by atoms with Crippen molar-refractivity contribution in [2.45, 2.75) is 31.4 Å². The number of nitrogen functional groups attached to an aromatic ring is 1. The number of hydrogen-bond acceptors (Lipinski definition) is 5. The molecule has 1 aromatic carbocycles. The van der Waals surface area contributed by atoms with Gasteiger partial charge in [0.25, 0.3) is 6.01 Å². The van der Waals surface area contributed by atoms with Gasteiger partial charge in [0.05, 0.1) is 12.1 Å². The number of aromatic nitrogens is 1. The van der Waals surface area contributed by atoms with Crippen LogP contribution in [0.4, 0.5) is 11.7 Å². The molecule has 2 unspecified atom stereocenters. The van der Waals surface area contributed by atoms with Crippen LogP contribution in [0, 0.1) is 0 Å². The van der Waals surface area contributed by atoms with Crippen LogP contribution in [-0.4, -0.2) is 24.2 Å². The summed E-state index contributed by atoms with van der Waals surface area (Å²) >= 11 is 0. The van der Waals surface area contributed by atoms with Gasteiger partial charge >= 0.3 is 0 Å². The van der Waals surface area contributed by atoms with E-state index in [2.05, 4.69) is 10.3 Å². The number of fused-ring (bicyclic) bond motifs is 1. The smallest absolute Gasteiger partial charge is 0.295 e. The number of rotatable bonds is 3. The van der Waals surface area contributed by atoms with Crippen molar-refractivity contribution in [1.82, 2.24) is 4.98 Å². The molecular weight excluding hydrogens is 230 g/mol. The Balaban J connectivity index is 1.82. The number of methoxy groups -OCH3 is 1. The second kappa shape index (κ2) is 4.49. The van der Waals surface area contributed by atoms with Gasteiger partial charge in [-0.25, -0.2) is 0 Å². The standard InChI is InChI=1S/C13H17N3O2/c1-17-11-4-2-3-9(11)15-13-16-10-7-8(14)5-6-12(10)18-13/h5-7,9,11H,2-4,14H2,1H3,(H,15,16). The number of hydrogen-bond donors (Lipinski definition) is 2. The Morgan fingerprint density at radius 3 is 3.17 bits per heavy atom. The largest absolute Gasteiger partial charge is 0.424 e. The highest BCUT2D eigenvalue weighted by atomic mass is 16.5. The fourth-order valence-electron chi connectivity index (χ4n) is 2.54. The molecule has 1 aromatic heterocycles. The van der Waals surface area contributed by atoms with Crippen LogP contribution in [-0.2, 0) is 4.74 Å². The third kappa shape index (κ3) is 2.01. The molecule has 1 aliphatic rings. The van der Waals surface area contributed by atoms with Crippen molar-refractivity contribution < 1.29 is 9.15 Å². The van der Waals surface area contributed by atoms with Crippen LogP contribution in [0.25, 0.3) is 11.1 Å². The average Bonchev–Trinajstić information content (AvgIpc) is 2.94. The molecule has 1 saturated carbocycles. The second-order valence-electron chi connectivity index (χ2n) is 4.70. The fraction of sp³-hybridized carbons (Fsp3) is 0.462. The zero-order valence-corrected chi connectivity index (χ0v) is 10.3. The lowest BCUT2D eigenvalue weighted by Crippen LogP contribution is -2.29. The Hall–Kier alpha value is -1.75. The molecule has 0 spiro atoms. The monoisotopic (exact) mass is 247 g/mol. The van der Waals surface area contributed by atoms with Gasteiger partial charge in [-0.2, -0.15) is 4.98 Å². The second-order valence-corrected chi connectivity index (χ2v) is 4.70. The Morgan fingerprint density at radius 1 is 1.44 bits per heavy atom. The zero-order chi connectivity index (χ0) is 12.5. The molecule has 96 valence electrons. The molecule has 18 heavy (non-hydrogen) atoms. The third-order valence-corrected chi connectivity index (χ3v) is 3.48. The van der Waals surface area contributed by atoms with E-state index in [0.717, 1.165) is 23.9 Å². The van der Waals surface area contributed by atoms with Crippen LogP contribution < -0.4 is 11.1 Å². The van der Waals surface area contributed by atoms with Gasteiger partial charge in [0.15, 0.2) is 5.58 Å². The highest BCUT2D eigenvalue weighted by Crippen LogP contribution is 2.27. The lowest BCUT2D eigenvalue weighted by atomic mass is 10.2. The van der Waals surface area contributed by atoms with Crippen molar-refractivity contribution in [3.63, 3.8) is 0 Å². The SMILES string of the molecule is COC1CCCC1Nc1nc2cc(N)ccc2o1. The van der Waals surface area contributed by atoms with Crippen LogP contribution in [0.1, 0.15) is 19.3 Å². The van der Waals surface area contributed by atoms with Gasteiger partial charge in [-0.15, -0.1) is 0 Å². The van der Waals surface area contributed by atoms with Crippen molar-refractivity contribution >= 4 is 22.8 Å². The quantitative estimate of drug-likeness (QED) is 0.815. The van der Waals surface area contributed by atoms with Gasteiger partial charge in [0.1, 0.15) is 5.52 Å². The summed E-state index contributed by atoms with van der Waals surface area (Å²) in [7, 11) is 1.75. The minimum Gasteiger partial charge on any atom is -0.424 e. The van der Waals surface area contributed by atoms with Gasteiger partial charge in [0, 0.05) is 12.8 Å². The van der Waals surface area contributed by atoms with Crippen LogP contribution in [0.2, 0.25) is 0 Å². The van der Waals surface area contributed by atoms with E-state index in [9.17, 15) is 0 Å². The number of nitrogens with zero attached hydrogens (tertiary/aromatic N) is 1. The summed E-state index contributed by atoms with van der Waals surface area (Å²) in [5.41, 5.74) is 7.94. The molecule has 0 saturated heterocycles. The average molecular weight is 247 g/mol. The van der Waals surface area contributed by atoms with Gasteiger partial charge < -0.3 is 20.2 Å². The minimum absolute atomic E-state index is 0.241. The van der Waals surface area contributed by atoms with E-state index in [1.807, 2.05) is 18.2 Å². The number of anilines is 2. The van der Waals surface area contributed by atoms with Gasteiger partial charge in [0.2, 0.25) is 0 Å². The highest BCUT2D eigenvalue weighted by molar-refractivity contribution is 5.78. The van der Waals surface area contributed by atoms with E-state index in [4.69, 9.17) is 14.9 Å². The summed E-state index contributed by atoms with van der Waals surface area (Å²) in [4.78, 5) is 4.39. The first-order chi connectivity index (χ1) is 8.76. The maximum absolute atomic E-state index is 5.72. The fourth-order valence-corrected chi connectivity index (χ4v) is 2.54. The number of benzene rings is 1. The van der Waals surface area contributed by atoms with Crippen LogP contribution >= 0.6 is 0 Å². The molecule has 1 fully saturated rings. The van der Waals surface area contributed by atoms with Crippen molar-refractivity contribution in [3.8, 4) is 0 Å². The predicted molar refractivity (Wildman–Crippen MR) is 70.5 cm³/mol. The van der Waals surface area contributed by atoms with E-state index < -0.39 is 0 Å². The van der Waals surface area contributed by atoms with E-state index in [0.29, 0.717) is 11.7 Å². The first-order valence-electron chi connectivity index (χ1n) is 6.21. The summed E-state index contributed by atoms with van der Waals surface area (Å²) in [6, 6.07) is 6.28. The van der Waals surface area contributed by atoms with E-state index in [1.54, 1.807) is 7.11 Å². The Bertz CT molecular complexity index is 552. The van der Waals surface area contributed by atoms with Crippen molar-refractivity contribution in [2.75, 3.05) is 18.2 Å². The third-order valence-electron chi connectivity index (χ3n) is 3.48. The Labute approximate surface area is 105 Å². The van der Waals surface area contributed by atoms with Crippen molar-refractivity contribution in [1.29, 1.82) is 0 Å². The van der Waals surface area contributed by atoms with E-state index >= 15 is 0 Å². The van der Waals surface area contributed by atoms with Crippen LogP contribution in [0.15, 0.2) is 22.6 Å².